The highest BCUT2D eigenvalue weighted by atomic mass is 32.2. The van der Waals surface area contributed by atoms with Gasteiger partial charge in [0.1, 0.15) is 12.1 Å². The lowest BCUT2D eigenvalue weighted by atomic mass is 10.1. The van der Waals surface area contributed by atoms with Gasteiger partial charge < -0.3 is 9.80 Å². The van der Waals surface area contributed by atoms with Crippen molar-refractivity contribution in [2.45, 2.75) is 16.2 Å². The zero-order valence-corrected chi connectivity index (χ0v) is 18.4. The molecule has 0 atom stereocenters. The molecule has 0 saturated carbocycles. The van der Waals surface area contributed by atoms with Crippen molar-refractivity contribution in [1.29, 1.82) is 10.5 Å². The number of carbonyl (C=O) groups excluding carboxylic acids is 1. The van der Waals surface area contributed by atoms with Crippen molar-refractivity contribution in [3.8, 4) is 12.1 Å². The van der Waals surface area contributed by atoms with Crippen LogP contribution in [0.2, 0.25) is 0 Å². The van der Waals surface area contributed by atoms with Crippen LogP contribution in [0.25, 0.3) is 0 Å². The fourth-order valence-electron chi connectivity index (χ4n) is 3.87. The van der Waals surface area contributed by atoms with Gasteiger partial charge in [0.05, 0.1) is 22.4 Å². The SMILES string of the molecule is N#Cc1ccccc1Sc1ccccc1C(=O)N1CCCN(c2ccccc2C#N)CC1. The van der Waals surface area contributed by atoms with Crippen molar-refractivity contribution in [3.05, 3.63) is 89.5 Å². The molecule has 5 nitrogen and oxygen atoms in total. The fraction of sp³-hybridized carbons (Fsp3) is 0.192. The summed E-state index contributed by atoms with van der Waals surface area (Å²) < 4.78 is 0. The van der Waals surface area contributed by atoms with Crippen LogP contribution >= 0.6 is 11.8 Å². The van der Waals surface area contributed by atoms with Crippen LogP contribution in [0.1, 0.15) is 27.9 Å². The average Bonchev–Trinajstić information content (AvgIpc) is 3.10. The Labute approximate surface area is 192 Å². The largest absolute Gasteiger partial charge is 0.369 e. The highest BCUT2D eigenvalue weighted by molar-refractivity contribution is 7.99. The molecule has 3 aromatic carbocycles. The van der Waals surface area contributed by atoms with Crippen LogP contribution in [0.5, 0.6) is 0 Å². The number of para-hydroxylation sites is 1. The van der Waals surface area contributed by atoms with Crippen LogP contribution < -0.4 is 4.90 Å². The van der Waals surface area contributed by atoms with Gasteiger partial charge >= 0.3 is 0 Å². The van der Waals surface area contributed by atoms with Crippen LogP contribution in [-0.4, -0.2) is 37.0 Å². The van der Waals surface area contributed by atoms with E-state index in [0.717, 1.165) is 28.4 Å². The van der Waals surface area contributed by atoms with Crippen LogP contribution in [-0.2, 0) is 0 Å². The van der Waals surface area contributed by atoms with E-state index in [1.807, 2.05) is 71.6 Å². The van der Waals surface area contributed by atoms with Crippen LogP contribution in [0.3, 0.4) is 0 Å². The molecule has 1 heterocycles. The van der Waals surface area contributed by atoms with Gasteiger partial charge in [-0.15, -0.1) is 0 Å². The third-order valence-corrected chi connectivity index (χ3v) is 6.65. The Morgan fingerprint density at radius 2 is 1.41 bits per heavy atom. The monoisotopic (exact) mass is 438 g/mol. The third kappa shape index (κ3) is 4.61. The van der Waals surface area contributed by atoms with Gasteiger partial charge in [0, 0.05) is 36.0 Å². The molecule has 1 aliphatic heterocycles. The Bertz CT molecular complexity index is 1210. The summed E-state index contributed by atoms with van der Waals surface area (Å²) in [5.41, 5.74) is 2.83. The molecule has 1 saturated heterocycles. The first-order valence-electron chi connectivity index (χ1n) is 10.5. The van der Waals surface area contributed by atoms with Gasteiger partial charge in [0.2, 0.25) is 0 Å². The Hall–Kier alpha value is -3.74. The summed E-state index contributed by atoms with van der Waals surface area (Å²) in [5, 5.41) is 18.8. The minimum atomic E-state index is -0.00189. The van der Waals surface area contributed by atoms with E-state index in [0.29, 0.717) is 36.3 Å². The number of hydrogen-bond donors (Lipinski definition) is 0. The molecule has 3 aromatic rings. The van der Waals surface area contributed by atoms with E-state index in [-0.39, 0.29) is 5.91 Å². The summed E-state index contributed by atoms with van der Waals surface area (Å²) >= 11 is 1.45. The smallest absolute Gasteiger partial charge is 0.255 e. The Kier molecular flexibility index (Phi) is 6.75. The maximum absolute atomic E-state index is 13.5. The molecule has 6 heteroatoms. The molecule has 0 spiro atoms. The molecule has 1 amide bonds. The summed E-state index contributed by atoms with van der Waals surface area (Å²) in [4.78, 5) is 19.2. The lowest BCUT2D eigenvalue weighted by Crippen LogP contribution is -2.35. The van der Waals surface area contributed by atoms with E-state index in [2.05, 4.69) is 17.0 Å². The van der Waals surface area contributed by atoms with Gasteiger partial charge in [0.25, 0.3) is 5.91 Å². The van der Waals surface area contributed by atoms with Gasteiger partial charge in [-0.25, -0.2) is 0 Å². The van der Waals surface area contributed by atoms with E-state index >= 15 is 0 Å². The molecule has 1 aliphatic rings. The van der Waals surface area contributed by atoms with Crippen molar-refractivity contribution in [1.82, 2.24) is 4.90 Å². The highest BCUT2D eigenvalue weighted by Gasteiger charge is 2.23. The molecular formula is C26H22N4OS. The Morgan fingerprint density at radius 1 is 0.750 bits per heavy atom. The first kappa shape index (κ1) is 21.5. The van der Waals surface area contributed by atoms with Crippen molar-refractivity contribution in [2.24, 2.45) is 0 Å². The molecule has 4 rings (SSSR count). The molecule has 0 radical (unpaired) electrons. The zero-order valence-electron chi connectivity index (χ0n) is 17.6. The molecule has 0 unspecified atom stereocenters. The first-order chi connectivity index (χ1) is 15.7. The standard InChI is InChI=1S/C26H22N4OS/c27-18-20-8-1-4-11-23(20)29-14-7-15-30(17-16-29)26(31)22-10-3-6-13-25(22)32-24-12-5-2-9-21(24)19-28/h1-6,8-13H,7,14-17H2. The van der Waals surface area contributed by atoms with Gasteiger partial charge in [-0.3, -0.25) is 4.79 Å². The van der Waals surface area contributed by atoms with E-state index in [9.17, 15) is 15.3 Å². The number of rotatable bonds is 4. The van der Waals surface area contributed by atoms with Gasteiger partial charge in [-0.05, 0) is 42.8 Å². The first-order valence-corrected chi connectivity index (χ1v) is 11.3. The summed E-state index contributed by atoms with van der Waals surface area (Å²) in [7, 11) is 0. The lowest BCUT2D eigenvalue weighted by Gasteiger charge is -2.25. The number of anilines is 1. The van der Waals surface area contributed by atoms with E-state index in [1.165, 1.54) is 11.8 Å². The van der Waals surface area contributed by atoms with E-state index in [1.54, 1.807) is 6.07 Å². The summed E-state index contributed by atoms with van der Waals surface area (Å²) in [6, 6.07) is 27.1. The second-order valence-corrected chi connectivity index (χ2v) is 8.55. The topological polar surface area (TPSA) is 71.1 Å². The number of benzene rings is 3. The Morgan fingerprint density at radius 3 is 2.19 bits per heavy atom. The second kappa shape index (κ2) is 10.0. The lowest BCUT2D eigenvalue weighted by molar-refractivity contribution is 0.0763. The maximum atomic E-state index is 13.5. The number of amides is 1. The van der Waals surface area contributed by atoms with E-state index in [4.69, 9.17) is 0 Å². The third-order valence-electron chi connectivity index (χ3n) is 5.49. The molecular weight excluding hydrogens is 416 g/mol. The molecule has 0 aliphatic carbocycles. The molecule has 158 valence electrons. The number of nitrogens with zero attached hydrogens (tertiary/aromatic N) is 4. The van der Waals surface area contributed by atoms with Crippen molar-refractivity contribution >= 4 is 23.4 Å². The van der Waals surface area contributed by atoms with Gasteiger partial charge in [-0.1, -0.05) is 48.2 Å². The molecule has 1 fully saturated rings. The summed E-state index contributed by atoms with van der Waals surface area (Å²) in [6.07, 6.45) is 0.831. The minimum Gasteiger partial charge on any atom is -0.369 e. The van der Waals surface area contributed by atoms with Crippen molar-refractivity contribution < 1.29 is 4.79 Å². The quantitative estimate of drug-likeness (QED) is 0.577. The molecule has 32 heavy (non-hydrogen) atoms. The number of hydrogen-bond acceptors (Lipinski definition) is 5. The van der Waals surface area contributed by atoms with Crippen molar-refractivity contribution in [2.75, 3.05) is 31.1 Å². The fourth-order valence-corrected chi connectivity index (χ4v) is 4.89. The number of nitriles is 2. The van der Waals surface area contributed by atoms with Crippen LogP contribution in [0.15, 0.2) is 82.6 Å². The van der Waals surface area contributed by atoms with Gasteiger partial charge in [-0.2, -0.15) is 10.5 Å². The van der Waals surface area contributed by atoms with Crippen LogP contribution in [0, 0.1) is 22.7 Å². The Balaban J connectivity index is 1.53. The van der Waals surface area contributed by atoms with Gasteiger partial charge in [0.15, 0.2) is 0 Å². The zero-order chi connectivity index (χ0) is 22.3. The predicted molar refractivity (Wildman–Crippen MR) is 126 cm³/mol. The predicted octanol–water partition coefficient (Wildman–Crippen LogP) is 4.93. The summed E-state index contributed by atoms with van der Waals surface area (Å²) in [6.45, 7) is 2.73. The second-order valence-electron chi connectivity index (χ2n) is 7.47. The highest BCUT2D eigenvalue weighted by Crippen LogP contribution is 2.33. The van der Waals surface area contributed by atoms with Crippen molar-refractivity contribution in [3.63, 3.8) is 0 Å². The molecule has 0 bridgehead atoms. The maximum Gasteiger partial charge on any atom is 0.255 e. The normalized spacial score (nSPS) is 13.7. The minimum absolute atomic E-state index is 0.00189. The average molecular weight is 439 g/mol. The van der Waals surface area contributed by atoms with Crippen LogP contribution in [0.4, 0.5) is 5.69 Å². The van der Waals surface area contributed by atoms with E-state index < -0.39 is 0 Å². The molecule has 0 aromatic heterocycles. The number of carbonyl (C=O) groups is 1. The molecule has 0 N–H and O–H groups in total. The summed E-state index contributed by atoms with van der Waals surface area (Å²) in [5.74, 6) is -0.00189.